The zero-order valence-corrected chi connectivity index (χ0v) is 14.5. The van der Waals surface area contributed by atoms with Crippen molar-refractivity contribution in [2.24, 2.45) is 0 Å². The molecule has 0 aromatic heterocycles. The topological polar surface area (TPSA) is 6.48 Å². The Hall–Kier alpha value is -2.36. The van der Waals surface area contributed by atoms with Crippen LogP contribution in [0.15, 0.2) is 91.0 Å². The fraction of sp³-hybridized carbons (Fsp3) is 0.182. The van der Waals surface area contributed by atoms with Gasteiger partial charge in [-0.2, -0.15) is 0 Å². The second-order valence-corrected chi connectivity index (χ2v) is 6.70. The smallest absolute Gasteiger partial charge is 0.319 e. The summed E-state index contributed by atoms with van der Waals surface area (Å²) in [5.74, 6) is 0. The number of hydrogen-bond donors (Lipinski definition) is 0. The second kappa shape index (κ2) is 7.69. The maximum atomic E-state index is 2.59. The van der Waals surface area contributed by atoms with Gasteiger partial charge in [0.1, 0.15) is 0 Å². The van der Waals surface area contributed by atoms with Crippen molar-refractivity contribution in [2.75, 3.05) is 13.1 Å². The summed E-state index contributed by atoms with van der Waals surface area (Å²) in [6.07, 6.45) is 0. The van der Waals surface area contributed by atoms with Crippen LogP contribution in [0.3, 0.4) is 0 Å². The van der Waals surface area contributed by atoms with Crippen molar-refractivity contribution < 1.29 is 0 Å². The highest BCUT2D eigenvalue weighted by Gasteiger charge is 2.37. The Balaban J connectivity index is 1.59. The highest BCUT2D eigenvalue weighted by Crippen LogP contribution is 2.18. The molecule has 2 nitrogen and oxygen atoms in total. The molecule has 0 atom stereocenters. The first kappa shape index (κ1) is 16.1. The Morgan fingerprint density at radius 2 is 0.960 bits per heavy atom. The van der Waals surface area contributed by atoms with E-state index >= 15 is 0 Å². The van der Waals surface area contributed by atoms with Gasteiger partial charge in [-0.25, -0.2) is 0 Å². The molecule has 0 unspecified atom stereocenters. The van der Waals surface area contributed by atoms with Gasteiger partial charge < -0.3 is 9.62 Å². The predicted molar refractivity (Wildman–Crippen MR) is 106 cm³/mol. The van der Waals surface area contributed by atoms with Crippen molar-refractivity contribution in [2.45, 2.75) is 13.1 Å². The van der Waals surface area contributed by atoms with E-state index in [1.54, 1.807) is 0 Å². The van der Waals surface area contributed by atoms with E-state index < -0.39 is 0 Å². The summed E-state index contributed by atoms with van der Waals surface area (Å²) < 4.78 is 0. The molecule has 0 N–H and O–H groups in total. The van der Waals surface area contributed by atoms with E-state index in [9.17, 15) is 0 Å². The third-order valence-electron chi connectivity index (χ3n) is 4.92. The van der Waals surface area contributed by atoms with Gasteiger partial charge in [0.2, 0.25) is 0 Å². The normalized spacial score (nSPS) is 15.6. The van der Waals surface area contributed by atoms with E-state index in [1.807, 2.05) is 0 Å². The molecule has 0 spiro atoms. The summed E-state index contributed by atoms with van der Waals surface area (Å²) in [5, 5.41) is 0. The Bertz CT molecular complexity index is 727. The first-order valence-corrected chi connectivity index (χ1v) is 9.01. The van der Waals surface area contributed by atoms with Gasteiger partial charge in [-0.1, -0.05) is 91.0 Å². The largest absolute Gasteiger partial charge is 0.346 e. The molecule has 1 heterocycles. The third-order valence-corrected chi connectivity index (χ3v) is 4.92. The summed E-state index contributed by atoms with van der Waals surface area (Å²) in [6, 6.07) is 32.5. The molecule has 0 radical (unpaired) electrons. The number of benzene rings is 3. The van der Waals surface area contributed by atoms with Gasteiger partial charge in [-0.3, -0.25) is 0 Å². The zero-order valence-electron chi connectivity index (χ0n) is 14.5. The van der Waals surface area contributed by atoms with Crippen LogP contribution in [0, 0.1) is 0 Å². The van der Waals surface area contributed by atoms with E-state index in [1.165, 1.54) is 16.6 Å². The molecule has 0 amide bonds. The molecule has 3 aromatic carbocycles. The molecule has 1 fully saturated rings. The lowest BCUT2D eigenvalue weighted by molar-refractivity contribution is 0.458. The van der Waals surface area contributed by atoms with Gasteiger partial charge in [-0.15, -0.1) is 0 Å². The molecule has 4 rings (SSSR count). The van der Waals surface area contributed by atoms with Gasteiger partial charge in [0.25, 0.3) is 0 Å². The lowest BCUT2D eigenvalue weighted by Crippen LogP contribution is -2.52. The molecule has 0 bridgehead atoms. The van der Waals surface area contributed by atoms with Crippen LogP contribution in [0.4, 0.5) is 0 Å². The highest BCUT2D eigenvalue weighted by molar-refractivity contribution is 6.68. The van der Waals surface area contributed by atoms with Crippen LogP contribution in [-0.4, -0.2) is 29.7 Å². The minimum absolute atomic E-state index is 0.335. The van der Waals surface area contributed by atoms with Crippen LogP contribution >= 0.6 is 0 Å². The average molecular weight is 326 g/mol. The van der Waals surface area contributed by atoms with Crippen LogP contribution in [0.25, 0.3) is 0 Å². The number of rotatable bonds is 5. The Morgan fingerprint density at radius 3 is 1.40 bits per heavy atom. The lowest BCUT2D eigenvalue weighted by Gasteiger charge is -2.27. The molecular weight excluding hydrogens is 303 g/mol. The van der Waals surface area contributed by atoms with Crippen LogP contribution in [0.2, 0.25) is 0 Å². The van der Waals surface area contributed by atoms with E-state index in [-0.39, 0.29) is 0 Å². The highest BCUT2D eigenvalue weighted by atomic mass is 15.3. The van der Waals surface area contributed by atoms with E-state index in [4.69, 9.17) is 0 Å². The summed E-state index contributed by atoms with van der Waals surface area (Å²) >= 11 is 0. The van der Waals surface area contributed by atoms with Crippen molar-refractivity contribution in [3.8, 4) is 0 Å². The molecule has 124 valence electrons. The second-order valence-electron chi connectivity index (χ2n) is 6.70. The zero-order chi connectivity index (χ0) is 16.9. The molecule has 25 heavy (non-hydrogen) atoms. The van der Waals surface area contributed by atoms with Crippen molar-refractivity contribution in [3.05, 3.63) is 102 Å². The lowest BCUT2D eigenvalue weighted by atomic mass is 9.65. The fourth-order valence-electron chi connectivity index (χ4n) is 3.75. The van der Waals surface area contributed by atoms with Crippen molar-refractivity contribution in [3.63, 3.8) is 0 Å². The van der Waals surface area contributed by atoms with Crippen LogP contribution in [0.1, 0.15) is 11.1 Å². The summed E-state index contributed by atoms with van der Waals surface area (Å²) in [5.41, 5.74) is 4.14. The molecule has 1 aliphatic rings. The summed E-state index contributed by atoms with van der Waals surface area (Å²) in [6.45, 7) is 4.52. The Morgan fingerprint density at radius 1 is 0.560 bits per heavy atom. The minimum atomic E-state index is 0.335. The molecule has 1 saturated heterocycles. The quantitative estimate of drug-likeness (QED) is 0.663. The summed E-state index contributed by atoms with van der Waals surface area (Å²) in [4.78, 5) is 5.18. The number of nitrogens with zero attached hydrogens (tertiary/aromatic N) is 2. The van der Waals surface area contributed by atoms with Gasteiger partial charge in [-0.05, 0) is 16.6 Å². The maximum Gasteiger partial charge on any atom is 0.346 e. The first-order chi connectivity index (χ1) is 12.4. The third kappa shape index (κ3) is 3.84. The fourth-order valence-corrected chi connectivity index (χ4v) is 3.75. The van der Waals surface area contributed by atoms with Crippen molar-refractivity contribution >= 4 is 12.4 Å². The number of hydrogen-bond acceptors (Lipinski definition) is 2. The van der Waals surface area contributed by atoms with Crippen LogP contribution in [-0.2, 0) is 13.1 Å². The van der Waals surface area contributed by atoms with Gasteiger partial charge in [0.15, 0.2) is 0 Å². The van der Waals surface area contributed by atoms with Crippen LogP contribution < -0.4 is 5.46 Å². The Kier molecular flexibility index (Phi) is 4.96. The molecular formula is C22H23BN2. The SMILES string of the molecule is c1ccc(CN2CCN(Cc3ccccc3)B2c2ccccc2)cc1. The standard InChI is InChI=1S/C22H23BN2/c1-4-10-20(11-5-1)18-24-16-17-25(19-21-12-6-2-7-13-21)23(24)22-14-8-3-9-15-22/h1-15H,16-19H2. The van der Waals surface area contributed by atoms with E-state index in [0.29, 0.717) is 6.98 Å². The molecule has 0 aliphatic carbocycles. The predicted octanol–water partition coefficient (Wildman–Crippen LogP) is 3.40. The van der Waals surface area contributed by atoms with Crippen molar-refractivity contribution in [1.29, 1.82) is 0 Å². The molecule has 3 aromatic rings. The minimum Gasteiger partial charge on any atom is -0.319 e. The van der Waals surface area contributed by atoms with Gasteiger partial charge >= 0.3 is 6.98 Å². The van der Waals surface area contributed by atoms with Gasteiger partial charge in [0.05, 0.1) is 0 Å². The average Bonchev–Trinajstić information content (AvgIpc) is 3.06. The van der Waals surface area contributed by atoms with Gasteiger partial charge in [0, 0.05) is 26.2 Å². The molecule has 0 saturated carbocycles. The Labute approximate surface area is 150 Å². The summed E-state index contributed by atoms with van der Waals surface area (Å²) in [7, 11) is 0. The maximum absolute atomic E-state index is 2.59. The molecule has 3 heteroatoms. The van der Waals surface area contributed by atoms with Crippen LogP contribution in [0.5, 0.6) is 0 Å². The molecule has 1 aliphatic heterocycles. The van der Waals surface area contributed by atoms with E-state index in [0.717, 1.165) is 26.2 Å². The monoisotopic (exact) mass is 326 g/mol. The first-order valence-electron chi connectivity index (χ1n) is 9.01. The van der Waals surface area contributed by atoms with Crippen molar-refractivity contribution in [1.82, 2.24) is 9.62 Å². The van der Waals surface area contributed by atoms with E-state index in [2.05, 4.69) is 101 Å².